The lowest BCUT2D eigenvalue weighted by Crippen LogP contribution is -2.21. The van der Waals surface area contributed by atoms with Crippen LogP contribution in [0.15, 0.2) is 91.0 Å². The third-order valence-electron chi connectivity index (χ3n) is 7.05. The van der Waals surface area contributed by atoms with Crippen LogP contribution in [0.2, 0.25) is 0 Å². The molecule has 0 fully saturated rings. The lowest BCUT2D eigenvalue weighted by Gasteiger charge is -2.22. The van der Waals surface area contributed by atoms with Gasteiger partial charge in [0.25, 0.3) is 0 Å². The van der Waals surface area contributed by atoms with E-state index in [0.717, 1.165) is 24.6 Å². The van der Waals surface area contributed by atoms with Crippen molar-refractivity contribution in [2.45, 2.75) is 32.6 Å². The molecule has 7 heteroatoms. The highest BCUT2D eigenvalue weighted by atomic mass is 16.5. The predicted molar refractivity (Wildman–Crippen MR) is 158 cm³/mol. The summed E-state index contributed by atoms with van der Waals surface area (Å²) < 4.78 is 16.7. The van der Waals surface area contributed by atoms with Gasteiger partial charge in [0.2, 0.25) is 0 Å². The number of ether oxygens (including phenoxy) is 3. The second-order valence-corrected chi connectivity index (χ2v) is 10.1. The SMILES string of the molecule is C=C(C)C(=O)OCCCCCCOC(=O)c1ccc(Oc2c3c(cc4ccccc24)C(=O)c2ccccc2C3=O)cc1. The monoisotopic (exact) mass is 562 g/mol. The molecule has 0 aliphatic heterocycles. The van der Waals surface area contributed by atoms with Crippen LogP contribution in [0.25, 0.3) is 10.8 Å². The van der Waals surface area contributed by atoms with E-state index in [4.69, 9.17) is 14.2 Å². The summed E-state index contributed by atoms with van der Waals surface area (Å²) in [6, 6.07) is 22.5. The van der Waals surface area contributed by atoms with Gasteiger partial charge < -0.3 is 14.2 Å². The van der Waals surface area contributed by atoms with E-state index in [1.54, 1.807) is 61.5 Å². The second kappa shape index (κ2) is 12.6. The molecule has 5 rings (SSSR count). The second-order valence-electron chi connectivity index (χ2n) is 10.1. The van der Waals surface area contributed by atoms with Gasteiger partial charge in [0, 0.05) is 27.6 Å². The first-order valence-corrected chi connectivity index (χ1v) is 13.9. The van der Waals surface area contributed by atoms with Gasteiger partial charge in [-0.05, 0) is 68.3 Å². The summed E-state index contributed by atoms with van der Waals surface area (Å²) in [5.74, 6) is -0.602. The third-order valence-corrected chi connectivity index (χ3v) is 7.05. The average Bonchev–Trinajstić information content (AvgIpc) is 3.01. The number of hydrogen-bond acceptors (Lipinski definition) is 7. The fourth-order valence-corrected chi connectivity index (χ4v) is 4.85. The van der Waals surface area contributed by atoms with Crippen molar-refractivity contribution in [3.63, 3.8) is 0 Å². The molecule has 0 atom stereocenters. The Hall–Kier alpha value is -5.04. The van der Waals surface area contributed by atoms with Crippen molar-refractivity contribution in [1.29, 1.82) is 0 Å². The van der Waals surface area contributed by atoms with E-state index < -0.39 is 5.97 Å². The quantitative estimate of drug-likeness (QED) is 0.0951. The Bertz CT molecular complexity index is 1700. The van der Waals surface area contributed by atoms with E-state index in [9.17, 15) is 19.2 Å². The fraction of sp³-hybridized carbons (Fsp3) is 0.200. The number of benzene rings is 4. The van der Waals surface area contributed by atoms with Crippen molar-refractivity contribution in [3.8, 4) is 11.5 Å². The first kappa shape index (κ1) is 28.5. The third kappa shape index (κ3) is 6.00. The molecule has 212 valence electrons. The summed E-state index contributed by atoms with van der Waals surface area (Å²) in [5.41, 5.74) is 2.01. The van der Waals surface area contributed by atoms with Crippen LogP contribution < -0.4 is 4.74 Å². The summed E-state index contributed by atoms with van der Waals surface area (Å²) in [6.07, 6.45) is 3.13. The van der Waals surface area contributed by atoms with E-state index in [2.05, 4.69) is 6.58 Å². The molecule has 0 aromatic heterocycles. The molecule has 7 nitrogen and oxygen atoms in total. The molecular formula is C35H30O7. The molecular weight excluding hydrogens is 532 g/mol. The van der Waals surface area contributed by atoms with E-state index in [-0.39, 0.29) is 29.7 Å². The van der Waals surface area contributed by atoms with Gasteiger partial charge in [-0.1, -0.05) is 55.1 Å². The number of unbranched alkanes of at least 4 members (excludes halogenated alkanes) is 3. The maximum atomic E-state index is 13.6. The minimum Gasteiger partial charge on any atom is -0.462 e. The summed E-state index contributed by atoms with van der Waals surface area (Å²) in [7, 11) is 0. The minimum absolute atomic E-state index is 0.222. The van der Waals surface area contributed by atoms with Crippen molar-refractivity contribution in [1.82, 2.24) is 0 Å². The van der Waals surface area contributed by atoms with Gasteiger partial charge in [-0.3, -0.25) is 9.59 Å². The molecule has 0 amide bonds. The van der Waals surface area contributed by atoms with Gasteiger partial charge >= 0.3 is 11.9 Å². The van der Waals surface area contributed by atoms with Crippen LogP contribution in [0.4, 0.5) is 0 Å². The molecule has 0 heterocycles. The summed E-state index contributed by atoms with van der Waals surface area (Å²) in [4.78, 5) is 50.8. The lowest BCUT2D eigenvalue weighted by atomic mass is 9.82. The maximum Gasteiger partial charge on any atom is 0.338 e. The molecule has 0 saturated heterocycles. The highest BCUT2D eigenvalue weighted by Crippen LogP contribution is 2.41. The topological polar surface area (TPSA) is 96.0 Å². The standard InChI is InChI=1S/C35H30O7/c1-22(2)34(38)40-19-9-3-4-10-20-41-35(39)23-15-17-25(18-16-23)42-33-26-12-6-5-11-24(26)21-29-30(33)32(37)28-14-8-7-13-27(28)31(29)36/h5-8,11-18,21H,1,3-4,9-10,19-20H2,2H3. The highest BCUT2D eigenvalue weighted by Gasteiger charge is 2.33. The molecule has 0 N–H and O–H groups in total. The largest absolute Gasteiger partial charge is 0.462 e. The zero-order valence-electron chi connectivity index (χ0n) is 23.3. The molecule has 0 bridgehead atoms. The number of esters is 2. The van der Waals surface area contributed by atoms with Crippen LogP contribution in [0, 0.1) is 0 Å². The van der Waals surface area contributed by atoms with E-state index in [0.29, 0.717) is 57.7 Å². The smallest absolute Gasteiger partial charge is 0.338 e. The van der Waals surface area contributed by atoms with Crippen LogP contribution >= 0.6 is 0 Å². The summed E-state index contributed by atoms with van der Waals surface area (Å²) in [5, 5.41) is 1.48. The van der Waals surface area contributed by atoms with Gasteiger partial charge in [0.1, 0.15) is 11.5 Å². The van der Waals surface area contributed by atoms with Gasteiger partial charge in [0.15, 0.2) is 11.6 Å². The number of carbonyl (C=O) groups excluding carboxylic acids is 4. The van der Waals surface area contributed by atoms with E-state index in [1.165, 1.54) is 0 Å². The minimum atomic E-state index is -0.447. The van der Waals surface area contributed by atoms with Crippen molar-refractivity contribution in [2.75, 3.05) is 13.2 Å². The maximum absolute atomic E-state index is 13.6. The summed E-state index contributed by atoms with van der Waals surface area (Å²) in [6.45, 7) is 5.78. The van der Waals surface area contributed by atoms with E-state index in [1.807, 2.05) is 24.3 Å². The van der Waals surface area contributed by atoms with Crippen molar-refractivity contribution in [3.05, 3.63) is 119 Å². The van der Waals surface area contributed by atoms with Gasteiger partial charge in [-0.2, -0.15) is 0 Å². The first-order chi connectivity index (χ1) is 20.3. The Kier molecular flexibility index (Phi) is 8.58. The van der Waals surface area contributed by atoms with Crippen LogP contribution in [0.1, 0.15) is 74.8 Å². The van der Waals surface area contributed by atoms with Crippen molar-refractivity contribution >= 4 is 34.3 Å². The Labute approximate surface area is 243 Å². The van der Waals surface area contributed by atoms with Gasteiger partial charge in [0.05, 0.1) is 24.3 Å². The Balaban J connectivity index is 1.24. The first-order valence-electron chi connectivity index (χ1n) is 13.9. The number of fused-ring (bicyclic) bond motifs is 3. The molecule has 1 aliphatic carbocycles. The van der Waals surface area contributed by atoms with Crippen LogP contribution in [0.3, 0.4) is 0 Å². The Morgan fingerprint density at radius 1 is 0.714 bits per heavy atom. The molecule has 0 spiro atoms. The lowest BCUT2D eigenvalue weighted by molar-refractivity contribution is -0.139. The average molecular weight is 563 g/mol. The molecule has 4 aromatic rings. The molecule has 0 unspecified atom stereocenters. The Morgan fingerprint density at radius 2 is 1.33 bits per heavy atom. The number of rotatable bonds is 11. The predicted octanol–water partition coefficient (Wildman–Crippen LogP) is 7.24. The summed E-state index contributed by atoms with van der Waals surface area (Å²) >= 11 is 0. The van der Waals surface area contributed by atoms with Crippen molar-refractivity contribution < 1.29 is 33.4 Å². The fourth-order valence-electron chi connectivity index (χ4n) is 4.85. The zero-order chi connectivity index (χ0) is 29.6. The van der Waals surface area contributed by atoms with Gasteiger partial charge in [-0.15, -0.1) is 0 Å². The van der Waals surface area contributed by atoms with E-state index >= 15 is 0 Å². The molecule has 42 heavy (non-hydrogen) atoms. The normalized spacial score (nSPS) is 11.9. The van der Waals surface area contributed by atoms with Gasteiger partial charge in [-0.25, -0.2) is 9.59 Å². The van der Waals surface area contributed by atoms with Crippen molar-refractivity contribution in [2.24, 2.45) is 0 Å². The van der Waals surface area contributed by atoms with Crippen LogP contribution in [-0.2, 0) is 14.3 Å². The molecule has 0 radical (unpaired) electrons. The van der Waals surface area contributed by atoms with Crippen LogP contribution in [-0.4, -0.2) is 36.7 Å². The molecule has 4 aromatic carbocycles. The molecule has 0 saturated carbocycles. The zero-order valence-corrected chi connectivity index (χ0v) is 23.3. The molecule has 1 aliphatic rings. The number of hydrogen-bond donors (Lipinski definition) is 0. The number of ketones is 2. The number of carbonyl (C=O) groups is 4. The highest BCUT2D eigenvalue weighted by molar-refractivity contribution is 6.31. The Morgan fingerprint density at radius 3 is 2.02 bits per heavy atom. The van der Waals surface area contributed by atoms with Crippen LogP contribution in [0.5, 0.6) is 11.5 Å².